The third kappa shape index (κ3) is 2.96. The van der Waals surface area contributed by atoms with E-state index in [9.17, 15) is 0 Å². The van der Waals surface area contributed by atoms with Crippen molar-refractivity contribution in [2.24, 2.45) is 0 Å². The molecular formula is C16H22N2OS. The maximum atomic E-state index is 5.17. The minimum Gasteiger partial charge on any atom is -0.472 e. The third-order valence-electron chi connectivity index (χ3n) is 3.72. The lowest BCUT2D eigenvalue weighted by atomic mass is 9.90. The van der Waals surface area contributed by atoms with Gasteiger partial charge in [-0.05, 0) is 46.1 Å². The van der Waals surface area contributed by atoms with E-state index in [1.165, 1.54) is 29.8 Å². The molecule has 0 spiro atoms. The Balaban J connectivity index is 1.82. The lowest BCUT2D eigenvalue weighted by Gasteiger charge is -2.27. The van der Waals surface area contributed by atoms with Crippen LogP contribution in [0.2, 0.25) is 0 Å². The molecule has 1 atom stereocenters. The van der Waals surface area contributed by atoms with Crippen molar-refractivity contribution in [1.29, 1.82) is 0 Å². The van der Waals surface area contributed by atoms with E-state index in [4.69, 9.17) is 9.40 Å². The summed E-state index contributed by atoms with van der Waals surface area (Å²) in [6, 6.07) is 1.99. The van der Waals surface area contributed by atoms with Crippen LogP contribution in [-0.4, -0.2) is 17.1 Å². The van der Waals surface area contributed by atoms with E-state index in [-0.39, 0.29) is 5.54 Å². The van der Waals surface area contributed by atoms with Crippen LogP contribution in [0, 0.1) is 0 Å². The van der Waals surface area contributed by atoms with Crippen molar-refractivity contribution in [2.75, 3.05) is 6.54 Å². The van der Waals surface area contributed by atoms with Crippen molar-refractivity contribution in [3.8, 4) is 10.6 Å². The van der Waals surface area contributed by atoms with Gasteiger partial charge in [0.2, 0.25) is 0 Å². The summed E-state index contributed by atoms with van der Waals surface area (Å²) < 4.78 is 5.17. The first-order chi connectivity index (χ1) is 9.53. The number of aryl methyl sites for hydroxylation is 1. The Morgan fingerprint density at radius 3 is 3.00 bits per heavy atom. The SMILES string of the molecule is CC(C)(C)NCC1CCCc2sc(-c3ccoc3)nc21. The van der Waals surface area contributed by atoms with Gasteiger partial charge in [-0.15, -0.1) is 11.3 Å². The summed E-state index contributed by atoms with van der Waals surface area (Å²) >= 11 is 1.83. The molecule has 0 radical (unpaired) electrons. The second-order valence-electron chi connectivity index (χ2n) is 6.56. The zero-order chi connectivity index (χ0) is 14.2. The molecule has 3 nitrogen and oxygen atoms in total. The van der Waals surface area contributed by atoms with E-state index >= 15 is 0 Å². The average Bonchev–Trinajstić information content (AvgIpc) is 3.03. The molecule has 0 saturated heterocycles. The highest BCUT2D eigenvalue weighted by atomic mass is 32.1. The molecule has 3 rings (SSSR count). The predicted octanol–water partition coefficient (Wildman–Crippen LogP) is 4.21. The molecule has 0 aliphatic heterocycles. The van der Waals surface area contributed by atoms with Crippen LogP contribution in [0.5, 0.6) is 0 Å². The molecule has 1 N–H and O–H groups in total. The van der Waals surface area contributed by atoms with Crippen LogP contribution in [0.15, 0.2) is 23.0 Å². The molecule has 1 unspecified atom stereocenters. The first-order valence-corrected chi connectivity index (χ1v) is 8.12. The Kier molecular flexibility index (Phi) is 3.69. The van der Waals surface area contributed by atoms with Crippen molar-refractivity contribution in [3.63, 3.8) is 0 Å². The number of rotatable bonds is 3. The molecule has 0 bridgehead atoms. The molecule has 2 aromatic heterocycles. The van der Waals surface area contributed by atoms with Crippen molar-refractivity contribution >= 4 is 11.3 Å². The molecule has 2 aromatic rings. The molecule has 0 amide bonds. The maximum Gasteiger partial charge on any atom is 0.127 e. The Morgan fingerprint density at radius 2 is 2.30 bits per heavy atom. The number of nitrogens with zero attached hydrogens (tertiary/aromatic N) is 1. The molecular weight excluding hydrogens is 268 g/mol. The minimum atomic E-state index is 0.168. The molecule has 0 fully saturated rings. The van der Waals surface area contributed by atoms with Crippen molar-refractivity contribution < 1.29 is 4.42 Å². The predicted molar refractivity (Wildman–Crippen MR) is 83.3 cm³/mol. The van der Waals surface area contributed by atoms with E-state index < -0.39 is 0 Å². The van der Waals surface area contributed by atoms with Crippen LogP contribution in [0.3, 0.4) is 0 Å². The highest BCUT2D eigenvalue weighted by molar-refractivity contribution is 7.15. The summed E-state index contributed by atoms with van der Waals surface area (Å²) in [7, 11) is 0. The van der Waals surface area contributed by atoms with Crippen molar-refractivity contribution in [3.05, 3.63) is 29.2 Å². The Labute approximate surface area is 124 Å². The van der Waals surface area contributed by atoms with Gasteiger partial charge in [0.1, 0.15) is 11.3 Å². The number of aromatic nitrogens is 1. The molecule has 0 saturated carbocycles. The zero-order valence-electron chi connectivity index (χ0n) is 12.4. The van der Waals surface area contributed by atoms with Gasteiger partial charge < -0.3 is 9.73 Å². The van der Waals surface area contributed by atoms with Crippen LogP contribution in [0.1, 0.15) is 50.1 Å². The monoisotopic (exact) mass is 290 g/mol. The average molecular weight is 290 g/mol. The van der Waals surface area contributed by atoms with Crippen LogP contribution < -0.4 is 5.32 Å². The largest absolute Gasteiger partial charge is 0.472 e. The summed E-state index contributed by atoms with van der Waals surface area (Å²) in [6.07, 6.45) is 7.19. The van der Waals surface area contributed by atoms with Crippen LogP contribution in [0.25, 0.3) is 10.6 Å². The Morgan fingerprint density at radius 1 is 1.45 bits per heavy atom. The summed E-state index contributed by atoms with van der Waals surface area (Å²) in [6.45, 7) is 7.67. The molecule has 108 valence electrons. The standard InChI is InChI=1S/C16H22N2OS/c1-16(2,3)17-9-11-5-4-6-13-14(11)18-15(20-13)12-7-8-19-10-12/h7-8,10-11,17H,4-6,9H2,1-3H3. The zero-order valence-corrected chi connectivity index (χ0v) is 13.2. The number of thiazole rings is 1. The topological polar surface area (TPSA) is 38.1 Å². The highest BCUT2D eigenvalue weighted by Crippen LogP contribution is 2.38. The second-order valence-corrected chi connectivity index (χ2v) is 7.64. The number of hydrogen-bond donors (Lipinski definition) is 1. The van der Waals surface area contributed by atoms with Gasteiger partial charge in [-0.2, -0.15) is 0 Å². The van der Waals surface area contributed by atoms with Crippen LogP contribution >= 0.6 is 11.3 Å². The van der Waals surface area contributed by atoms with E-state index in [1.54, 1.807) is 12.5 Å². The first kappa shape index (κ1) is 13.8. The van der Waals surface area contributed by atoms with Crippen LogP contribution in [-0.2, 0) is 6.42 Å². The maximum absolute atomic E-state index is 5.17. The van der Waals surface area contributed by atoms with Gasteiger partial charge >= 0.3 is 0 Å². The van der Waals surface area contributed by atoms with Gasteiger partial charge in [-0.1, -0.05) is 0 Å². The van der Waals surface area contributed by atoms with Gasteiger partial charge in [-0.3, -0.25) is 0 Å². The second kappa shape index (κ2) is 5.34. The van der Waals surface area contributed by atoms with E-state index in [0.717, 1.165) is 17.1 Å². The fourth-order valence-electron chi connectivity index (χ4n) is 2.65. The van der Waals surface area contributed by atoms with Crippen molar-refractivity contribution in [2.45, 2.75) is 51.5 Å². The van der Waals surface area contributed by atoms with Gasteiger partial charge in [0.05, 0.1) is 12.0 Å². The minimum absolute atomic E-state index is 0.168. The fraction of sp³-hybridized carbons (Fsp3) is 0.562. The Bertz CT molecular complexity index is 566. The summed E-state index contributed by atoms with van der Waals surface area (Å²) in [5.41, 5.74) is 2.59. The number of hydrogen-bond acceptors (Lipinski definition) is 4. The quantitative estimate of drug-likeness (QED) is 0.920. The lowest BCUT2D eigenvalue weighted by molar-refractivity contribution is 0.388. The van der Waals surface area contributed by atoms with Crippen LogP contribution in [0.4, 0.5) is 0 Å². The summed E-state index contributed by atoms with van der Waals surface area (Å²) in [5, 5.41) is 4.73. The van der Waals surface area contributed by atoms with Gasteiger partial charge in [-0.25, -0.2) is 4.98 Å². The van der Waals surface area contributed by atoms with Crippen molar-refractivity contribution in [1.82, 2.24) is 10.3 Å². The normalized spacial score (nSPS) is 19.1. The Hall–Kier alpha value is -1.13. The number of fused-ring (bicyclic) bond motifs is 1. The fourth-order valence-corrected chi connectivity index (χ4v) is 3.82. The number of nitrogens with one attached hydrogen (secondary N) is 1. The highest BCUT2D eigenvalue weighted by Gasteiger charge is 2.26. The van der Waals surface area contributed by atoms with E-state index in [0.29, 0.717) is 5.92 Å². The third-order valence-corrected chi connectivity index (χ3v) is 4.90. The van der Waals surface area contributed by atoms with Gasteiger partial charge in [0.15, 0.2) is 0 Å². The molecule has 1 aliphatic carbocycles. The molecule has 4 heteroatoms. The van der Waals surface area contributed by atoms with Gasteiger partial charge in [0.25, 0.3) is 0 Å². The molecule has 0 aromatic carbocycles. The lowest BCUT2D eigenvalue weighted by Crippen LogP contribution is -2.39. The van der Waals surface area contributed by atoms with Gasteiger partial charge in [0, 0.05) is 28.4 Å². The molecule has 1 aliphatic rings. The summed E-state index contributed by atoms with van der Waals surface area (Å²) in [4.78, 5) is 6.36. The smallest absolute Gasteiger partial charge is 0.127 e. The molecule has 20 heavy (non-hydrogen) atoms. The molecule has 2 heterocycles. The van der Waals surface area contributed by atoms with E-state index in [2.05, 4.69) is 26.1 Å². The first-order valence-electron chi connectivity index (χ1n) is 7.30. The summed E-state index contributed by atoms with van der Waals surface area (Å²) in [5.74, 6) is 0.551. The van der Waals surface area contributed by atoms with E-state index in [1.807, 2.05) is 17.4 Å². The number of furan rings is 1.